The summed E-state index contributed by atoms with van der Waals surface area (Å²) in [5.41, 5.74) is 0.275. The number of hydrogen-bond donors (Lipinski definition) is 1. The summed E-state index contributed by atoms with van der Waals surface area (Å²) < 4.78 is 0. The van der Waals surface area contributed by atoms with Crippen LogP contribution in [0.3, 0.4) is 0 Å². The van der Waals surface area contributed by atoms with Gasteiger partial charge in [0.15, 0.2) is 0 Å². The summed E-state index contributed by atoms with van der Waals surface area (Å²) in [6.45, 7) is 5.86. The van der Waals surface area contributed by atoms with Crippen molar-refractivity contribution in [3.8, 4) is 0 Å². The smallest absolute Gasteiger partial charge is 0.332 e. The number of likely N-dealkylation sites (N-methyl/N-ethyl adjacent to an activating group) is 1. The van der Waals surface area contributed by atoms with Crippen LogP contribution in [0.1, 0.15) is 0 Å². The van der Waals surface area contributed by atoms with Gasteiger partial charge in [-0.3, -0.25) is 4.90 Å². The number of aliphatic carboxylic acids is 1. The summed E-state index contributed by atoms with van der Waals surface area (Å²) in [7, 11) is 4.07. The predicted molar refractivity (Wildman–Crippen MR) is 50.7 cm³/mol. The van der Waals surface area contributed by atoms with E-state index in [0.717, 1.165) is 13.1 Å². The summed E-state index contributed by atoms with van der Waals surface area (Å²) >= 11 is 0. The summed E-state index contributed by atoms with van der Waals surface area (Å²) in [5.74, 6) is -0.895. The third kappa shape index (κ3) is 2.54. The van der Waals surface area contributed by atoms with Crippen molar-refractivity contribution in [2.45, 2.75) is 6.04 Å². The van der Waals surface area contributed by atoms with Crippen LogP contribution in [-0.4, -0.2) is 60.6 Å². The molecule has 0 saturated carbocycles. The Labute approximate surface area is 78.4 Å². The van der Waals surface area contributed by atoms with E-state index in [4.69, 9.17) is 5.11 Å². The molecule has 13 heavy (non-hydrogen) atoms. The average molecular weight is 184 g/mol. The highest BCUT2D eigenvalue weighted by Gasteiger charge is 2.28. The molecular formula is C9H16N2O2. The predicted octanol–water partition coefficient (Wildman–Crippen LogP) is -0.127. The molecule has 1 fully saturated rings. The zero-order valence-corrected chi connectivity index (χ0v) is 8.16. The van der Waals surface area contributed by atoms with E-state index in [1.54, 1.807) is 0 Å². The Bertz CT molecular complexity index is 220. The summed E-state index contributed by atoms with van der Waals surface area (Å²) in [6, 6.07) is 0.571. The average Bonchev–Trinajstić information content (AvgIpc) is 1.94. The molecule has 0 aliphatic carbocycles. The van der Waals surface area contributed by atoms with Gasteiger partial charge in [-0.05, 0) is 14.1 Å². The van der Waals surface area contributed by atoms with Crippen LogP contribution in [0.4, 0.5) is 0 Å². The Morgan fingerprint density at radius 2 is 2.15 bits per heavy atom. The third-order valence-corrected chi connectivity index (χ3v) is 2.39. The molecule has 0 amide bonds. The van der Waals surface area contributed by atoms with E-state index in [1.165, 1.54) is 0 Å². The molecule has 0 aromatic rings. The van der Waals surface area contributed by atoms with Crippen LogP contribution in [0.5, 0.6) is 0 Å². The molecule has 0 atom stereocenters. The maximum atomic E-state index is 10.5. The fourth-order valence-corrected chi connectivity index (χ4v) is 1.34. The van der Waals surface area contributed by atoms with E-state index in [9.17, 15) is 4.79 Å². The van der Waals surface area contributed by atoms with Gasteiger partial charge in [0.2, 0.25) is 0 Å². The van der Waals surface area contributed by atoms with Crippen LogP contribution in [0.25, 0.3) is 0 Å². The lowest BCUT2D eigenvalue weighted by atomic mass is 10.1. The lowest BCUT2D eigenvalue weighted by molar-refractivity contribution is -0.133. The molecule has 1 heterocycles. The van der Waals surface area contributed by atoms with Gasteiger partial charge in [0.1, 0.15) is 0 Å². The molecule has 4 nitrogen and oxygen atoms in total. The van der Waals surface area contributed by atoms with Gasteiger partial charge in [-0.25, -0.2) is 4.79 Å². The fraction of sp³-hybridized carbons (Fsp3) is 0.667. The topological polar surface area (TPSA) is 43.8 Å². The van der Waals surface area contributed by atoms with Crippen LogP contribution in [0, 0.1) is 0 Å². The van der Waals surface area contributed by atoms with Crippen molar-refractivity contribution in [2.24, 2.45) is 0 Å². The van der Waals surface area contributed by atoms with Gasteiger partial charge >= 0.3 is 5.97 Å². The first-order chi connectivity index (χ1) is 6.00. The first-order valence-electron chi connectivity index (χ1n) is 4.30. The van der Waals surface area contributed by atoms with E-state index in [1.807, 2.05) is 14.1 Å². The highest BCUT2D eigenvalue weighted by atomic mass is 16.4. The number of carbonyl (C=O) groups is 1. The van der Waals surface area contributed by atoms with Gasteiger partial charge in [0, 0.05) is 31.2 Å². The first-order valence-corrected chi connectivity index (χ1v) is 4.30. The SMILES string of the molecule is C=C(CN1CC(N(C)C)C1)C(=O)O. The zero-order chi connectivity index (χ0) is 10.0. The number of carboxylic acid groups (broad SMARTS) is 1. The van der Waals surface area contributed by atoms with Crippen molar-refractivity contribution in [1.29, 1.82) is 0 Å². The molecule has 0 aromatic carbocycles. The second-order valence-corrected chi connectivity index (χ2v) is 3.72. The standard InChI is InChI=1S/C9H16N2O2/c1-7(9(12)13)4-11-5-8(6-11)10(2)3/h8H,1,4-6H2,2-3H3,(H,12,13). The van der Waals surface area contributed by atoms with Crippen molar-refractivity contribution < 1.29 is 9.90 Å². The molecule has 0 spiro atoms. The van der Waals surface area contributed by atoms with Crippen molar-refractivity contribution in [3.05, 3.63) is 12.2 Å². The third-order valence-electron chi connectivity index (χ3n) is 2.39. The van der Waals surface area contributed by atoms with Crippen molar-refractivity contribution in [3.63, 3.8) is 0 Å². The van der Waals surface area contributed by atoms with Gasteiger partial charge < -0.3 is 10.0 Å². The lowest BCUT2D eigenvalue weighted by Gasteiger charge is -2.42. The van der Waals surface area contributed by atoms with E-state index < -0.39 is 5.97 Å². The Morgan fingerprint density at radius 3 is 2.54 bits per heavy atom. The highest BCUT2D eigenvalue weighted by molar-refractivity contribution is 5.86. The van der Waals surface area contributed by atoms with E-state index in [0.29, 0.717) is 12.6 Å². The molecular weight excluding hydrogens is 168 g/mol. The molecule has 0 radical (unpaired) electrons. The number of carboxylic acids is 1. The first kappa shape index (κ1) is 10.2. The van der Waals surface area contributed by atoms with Crippen LogP contribution in [0.15, 0.2) is 12.2 Å². The molecule has 1 aliphatic rings. The van der Waals surface area contributed by atoms with Gasteiger partial charge in [-0.1, -0.05) is 6.58 Å². The van der Waals surface area contributed by atoms with Crippen LogP contribution < -0.4 is 0 Å². The normalized spacial score (nSPS) is 18.7. The minimum Gasteiger partial charge on any atom is -0.478 e. The largest absolute Gasteiger partial charge is 0.478 e. The molecule has 1 aliphatic heterocycles. The van der Waals surface area contributed by atoms with E-state index in [2.05, 4.69) is 16.4 Å². The van der Waals surface area contributed by atoms with Crippen molar-refractivity contribution >= 4 is 5.97 Å². The lowest BCUT2D eigenvalue weighted by Crippen LogP contribution is -2.57. The van der Waals surface area contributed by atoms with Crippen molar-refractivity contribution in [1.82, 2.24) is 9.80 Å². The Hall–Kier alpha value is -0.870. The maximum Gasteiger partial charge on any atom is 0.332 e. The molecule has 0 bridgehead atoms. The maximum absolute atomic E-state index is 10.5. The monoisotopic (exact) mass is 184 g/mol. The number of likely N-dealkylation sites (tertiary alicyclic amines) is 1. The molecule has 0 aromatic heterocycles. The fourth-order valence-electron chi connectivity index (χ4n) is 1.34. The Balaban J connectivity index is 2.22. The summed E-state index contributed by atoms with van der Waals surface area (Å²) in [4.78, 5) is 14.7. The van der Waals surface area contributed by atoms with Crippen molar-refractivity contribution in [2.75, 3.05) is 33.7 Å². The number of nitrogens with zero attached hydrogens (tertiary/aromatic N) is 2. The van der Waals surface area contributed by atoms with E-state index in [-0.39, 0.29) is 5.57 Å². The highest BCUT2D eigenvalue weighted by Crippen LogP contribution is 2.13. The van der Waals surface area contributed by atoms with Gasteiger partial charge in [-0.15, -0.1) is 0 Å². The second-order valence-electron chi connectivity index (χ2n) is 3.72. The zero-order valence-electron chi connectivity index (χ0n) is 8.16. The minimum atomic E-state index is -0.895. The number of rotatable bonds is 4. The van der Waals surface area contributed by atoms with Crippen LogP contribution in [0.2, 0.25) is 0 Å². The molecule has 4 heteroatoms. The van der Waals surface area contributed by atoms with Crippen LogP contribution >= 0.6 is 0 Å². The minimum absolute atomic E-state index is 0.275. The number of hydrogen-bond acceptors (Lipinski definition) is 3. The quantitative estimate of drug-likeness (QED) is 0.618. The molecule has 1 saturated heterocycles. The summed E-state index contributed by atoms with van der Waals surface area (Å²) in [6.07, 6.45) is 0. The second kappa shape index (κ2) is 3.89. The Morgan fingerprint density at radius 1 is 1.62 bits per heavy atom. The molecule has 1 N–H and O–H groups in total. The molecule has 74 valence electrons. The van der Waals surface area contributed by atoms with Gasteiger partial charge in [-0.2, -0.15) is 0 Å². The Kier molecular flexibility index (Phi) is 3.06. The van der Waals surface area contributed by atoms with Gasteiger partial charge in [0.25, 0.3) is 0 Å². The molecule has 0 unspecified atom stereocenters. The van der Waals surface area contributed by atoms with E-state index >= 15 is 0 Å². The van der Waals surface area contributed by atoms with Crippen LogP contribution in [-0.2, 0) is 4.79 Å². The molecule has 1 rings (SSSR count). The summed E-state index contributed by atoms with van der Waals surface area (Å²) in [5, 5.41) is 8.59. The van der Waals surface area contributed by atoms with Gasteiger partial charge in [0.05, 0.1) is 0 Å².